The zero-order chi connectivity index (χ0) is 16.5. The van der Waals surface area contributed by atoms with Crippen molar-refractivity contribution in [2.75, 3.05) is 13.2 Å². The van der Waals surface area contributed by atoms with Crippen LogP contribution < -0.4 is 15.4 Å². The number of benzene rings is 2. The van der Waals surface area contributed by atoms with Gasteiger partial charge in [-0.2, -0.15) is 0 Å². The van der Waals surface area contributed by atoms with E-state index in [1.165, 1.54) is 17.7 Å². The van der Waals surface area contributed by atoms with Crippen LogP contribution in [0.25, 0.3) is 0 Å². The lowest BCUT2D eigenvalue weighted by molar-refractivity contribution is 0.238. The van der Waals surface area contributed by atoms with Crippen LogP contribution in [0, 0.1) is 12.7 Å². The highest BCUT2D eigenvalue weighted by Crippen LogP contribution is 2.11. The Morgan fingerprint density at radius 1 is 1.04 bits per heavy atom. The molecule has 0 saturated heterocycles. The van der Waals surface area contributed by atoms with Gasteiger partial charge in [-0.15, -0.1) is 0 Å². The van der Waals surface area contributed by atoms with Crippen molar-refractivity contribution >= 4 is 6.03 Å². The third kappa shape index (κ3) is 6.38. The molecule has 0 spiro atoms. The van der Waals surface area contributed by atoms with E-state index in [1.807, 2.05) is 31.2 Å². The maximum atomic E-state index is 12.8. The first kappa shape index (κ1) is 16.8. The molecule has 2 N–H and O–H groups in total. The average molecular weight is 316 g/mol. The van der Waals surface area contributed by atoms with E-state index < -0.39 is 0 Å². The summed E-state index contributed by atoms with van der Waals surface area (Å²) in [5.74, 6) is 0.545. The molecule has 0 fully saturated rings. The van der Waals surface area contributed by atoms with Crippen LogP contribution in [0.3, 0.4) is 0 Å². The van der Waals surface area contributed by atoms with E-state index >= 15 is 0 Å². The van der Waals surface area contributed by atoms with Gasteiger partial charge in [0.15, 0.2) is 0 Å². The molecule has 23 heavy (non-hydrogen) atoms. The smallest absolute Gasteiger partial charge is 0.315 e. The molecule has 2 rings (SSSR count). The number of rotatable bonds is 7. The lowest BCUT2D eigenvalue weighted by Gasteiger charge is -2.09. The number of urea groups is 1. The van der Waals surface area contributed by atoms with Crippen LogP contribution >= 0.6 is 0 Å². The largest absolute Gasteiger partial charge is 0.494 e. The van der Waals surface area contributed by atoms with E-state index in [0.29, 0.717) is 19.7 Å². The Kier molecular flexibility index (Phi) is 6.41. The Morgan fingerprint density at radius 3 is 2.43 bits per heavy atom. The molecule has 0 aliphatic rings. The molecular weight excluding hydrogens is 295 g/mol. The predicted octanol–water partition coefficient (Wildman–Crippen LogP) is 3.40. The zero-order valence-electron chi connectivity index (χ0n) is 13.1. The number of amides is 2. The number of nitrogens with one attached hydrogen (secondary N) is 2. The van der Waals surface area contributed by atoms with Crippen LogP contribution in [0.1, 0.15) is 17.5 Å². The van der Waals surface area contributed by atoms with E-state index in [2.05, 4.69) is 10.6 Å². The fourth-order valence-corrected chi connectivity index (χ4v) is 1.95. The Bertz CT molecular complexity index is 612. The number of hydrogen-bond donors (Lipinski definition) is 2. The molecule has 0 aliphatic heterocycles. The average Bonchev–Trinajstić information content (AvgIpc) is 2.56. The Labute approximate surface area is 135 Å². The van der Waals surface area contributed by atoms with Crippen LogP contribution in [-0.2, 0) is 6.54 Å². The monoisotopic (exact) mass is 316 g/mol. The van der Waals surface area contributed by atoms with Crippen molar-refractivity contribution in [2.24, 2.45) is 0 Å². The number of ether oxygens (including phenoxy) is 1. The highest BCUT2D eigenvalue weighted by Gasteiger charge is 2.00. The summed E-state index contributed by atoms with van der Waals surface area (Å²) in [6.07, 6.45) is 0.720. The van der Waals surface area contributed by atoms with Crippen molar-refractivity contribution in [2.45, 2.75) is 19.9 Å². The molecule has 0 radical (unpaired) electrons. The molecule has 5 heteroatoms. The molecule has 0 unspecified atom stereocenters. The minimum atomic E-state index is -0.285. The summed E-state index contributed by atoms with van der Waals surface area (Å²) < 4.78 is 18.3. The summed E-state index contributed by atoms with van der Waals surface area (Å²) in [4.78, 5) is 11.6. The van der Waals surface area contributed by atoms with Gasteiger partial charge in [0.25, 0.3) is 0 Å². The Morgan fingerprint density at radius 2 is 1.74 bits per heavy atom. The molecule has 4 nitrogen and oxygen atoms in total. The molecule has 0 aliphatic carbocycles. The van der Waals surface area contributed by atoms with E-state index in [-0.39, 0.29) is 11.8 Å². The normalized spacial score (nSPS) is 10.2. The summed E-state index contributed by atoms with van der Waals surface area (Å²) in [6, 6.07) is 13.6. The van der Waals surface area contributed by atoms with Crippen LogP contribution in [0.15, 0.2) is 48.5 Å². The molecule has 2 aromatic rings. The Hall–Kier alpha value is -2.56. The standard InChI is InChI=1S/C18H21FN2O2/c1-14-3-9-17(10-4-14)23-12-2-11-20-18(22)21-13-15-5-7-16(19)8-6-15/h3-10H,2,11-13H2,1H3,(H2,20,21,22). The molecule has 0 aromatic heterocycles. The first-order chi connectivity index (χ1) is 11.1. The van der Waals surface area contributed by atoms with Crippen molar-refractivity contribution in [3.63, 3.8) is 0 Å². The summed E-state index contributed by atoms with van der Waals surface area (Å²) in [5.41, 5.74) is 2.04. The minimum Gasteiger partial charge on any atom is -0.494 e. The highest BCUT2D eigenvalue weighted by molar-refractivity contribution is 5.73. The van der Waals surface area contributed by atoms with Gasteiger partial charge in [0.1, 0.15) is 11.6 Å². The van der Waals surface area contributed by atoms with E-state index in [0.717, 1.165) is 17.7 Å². The molecule has 0 heterocycles. The van der Waals surface area contributed by atoms with Gasteiger partial charge in [0.2, 0.25) is 0 Å². The van der Waals surface area contributed by atoms with Gasteiger partial charge in [0.05, 0.1) is 6.61 Å². The summed E-state index contributed by atoms with van der Waals surface area (Å²) in [5, 5.41) is 5.48. The van der Waals surface area contributed by atoms with Gasteiger partial charge < -0.3 is 15.4 Å². The third-order valence-electron chi connectivity index (χ3n) is 3.26. The zero-order valence-corrected chi connectivity index (χ0v) is 13.1. The fraction of sp³-hybridized carbons (Fsp3) is 0.278. The van der Waals surface area contributed by atoms with E-state index in [4.69, 9.17) is 4.74 Å². The van der Waals surface area contributed by atoms with Crippen molar-refractivity contribution in [1.82, 2.24) is 10.6 Å². The van der Waals surface area contributed by atoms with Crippen molar-refractivity contribution in [3.05, 3.63) is 65.5 Å². The van der Waals surface area contributed by atoms with Gasteiger partial charge in [-0.1, -0.05) is 29.8 Å². The first-order valence-corrected chi connectivity index (χ1v) is 7.59. The second kappa shape index (κ2) is 8.78. The number of carbonyl (C=O) groups is 1. The second-order valence-electron chi connectivity index (χ2n) is 5.25. The molecule has 0 saturated carbocycles. The van der Waals surface area contributed by atoms with E-state index in [1.54, 1.807) is 12.1 Å². The van der Waals surface area contributed by atoms with Crippen molar-refractivity contribution < 1.29 is 13.9 Å². The molecule has 0 bridgehead atoms. The fourth-order valence-electron chi connectivity index (χ4n) is 1.95. The minimum absolute atomic E-state index is 0.246. The van der Waals surface area contributed by atoms with Crippen molar-refractivity contribution in [3.8, 4) is 5.75 Å². The first-order valence-electron chi connectivity index (χ1n) is 7.59. The van der Waals surface area contributed by atoms with Crippen LogP contribution in [0.4, 0.5) is 9.18 Å². The quantitative estimate of drug-likeness (QED) is 0.769. The van der Waals surface area contributed by atoms with Crippen molar-refractivity contribution in [1.29, 1.82) is 0 Å². The topological polar surface area (TPSA) is 50.4 Å². The number of aryl methyl sites for hydroxylation is 1. The Balaban J connectivity index is 1.56. The van der Waals surface area contributed by atoms with E-state index in [9.17, 15) is 9.18 Å². The van der Waals surface area contributed by atoms with Gasteiger partial charge >= 0.3 is 6.03 Å². The third-order valence-corrected chi connectivity index (χ3v) is 3.26. The maximum absolute atomic E-state index is 12.8. The summed E-state index contributed by atoms with van der Waals surface area (Å²) in [7, 11) is 0. The highest BCUT2D eigenvalue weighted by atomic mass is 19.1. The molecule has 122 valence electrons. The number of carbonyl (C=O) groups excluding carboxylic acids is 1. The van der Waals surface area contributed by atoms with Crippen LogP contribution in [0.5, 0.6) is 5.75 Å². The lowest BCUT2D eigenvalue weighted by Crippen LogP contribution is -2.36. The van der Waals surface area contributed by atoms with Gasteiger partial charge in [-0.25, -0.2) is 9.18 Å². The number of halogens is 1. The maximum Gasteiger partial charge on any atom is 0.315 e. The number of hydrogen-bond acceptors (Lipinski definition) is 2. The molecule has 2 aromatic carbocycles. The lowest BCUT2D eigenvalue weighted by atomic mass is 10.2. The molecule has 0 atom stereocenters. The summed E-state index contributed by atoms with van der Waals surface area (Å²) >= 11 is 0. The second-order valence-corrected chi connectivity index (χ2v) is 5.25. The van der Waals surface area contributed by atoms with Crippen LogP contribution in [-0.4, -0.2) is 19.2 Å². The molecular formula is C18H21FN2O2. The summed E-state index contributed by atoms with van der Waals surface area (Å²) in [6.45, 7) is 3.46. The predicted molar refractivity (Wildman–Crippen MR) is 87.9 cm³/mol. The van der Waals surface area contributed by atoms with Crippen LogP contribution in [0.2, 0.25) is 0 Å². The molecule has 2 amide bonds. The van der Waals surface area contributed by atoms with Gasteiger partial charge in [-0.3, -0.25) is 0 Å². The SMILES string of the molecule is Cc1ccc(OCCCNC(=O)NCc2ccc(F)cc2)cc1. The van der Waals surface area contributed by atoms with Gasteiger partial charge in [0, 0.05) is 13.1 Å². The van der Waals surface area contributed by atoms with Gasteiger partial charge in [-0.05, 0) is 43.2 Å².